The first-order valence-electron chi connectivity index (χ1n) is 6.11. The third kappa shape index (κ3) is 2.59. The van der Waals surface area contributed by atoms with Crippen LogP contribution in [0.5, 0.6) is 0 Å². The molecule has 0 amide bonds. The minimum atomic E-state index is 0.763. The number of hydrogen-bond donors (Lipinski definition) is 0. The molecule has 19 heavy (non-hydrogen) atoms. The molecule has 0 spiro atoms. The zero-order valence-corrected chi connectivity index (χ0v) is 12.5. The molecular formula is C14H11ClN2S2. The van der Waals surface area contributed by atoms with E-state index < -0.39 is 0 Å². The second-order valence-corrected chi connectivity index (χ2v) is 7.01. The van der Waals surface area contributed by atoms with Gasteiger partial charge in [-0.1, -0.05) is 11.6 Å². The summed E-state index contributed by atoms with van der Waals surface area (Å²) in [6, 6.07) is 6.18. The van der Waals surface area contributed by atoms with Crippen molar-refractivity contribution < 1.29 is 0 Å². The summed E-state index contributed by atoms with van der Waals surface area (Å²) in [5.41, 5.74) is 2.98. The lowest BCUT2D eigenvalue weighted by Gasteiger charge is -1.98. The maximum atomic E-state index is 9.36. The van der Waals surface area contributed by atoms with Crippen molar-refractivity contribution >= 4 is 39.8 Å². The molecule has 96 valence electrons. The summed E-state index contributed by atoms with van der Waals surface area (Å²) >= 11 is 9.00. The van der Waals surface area contributed by atoms with Crippen LogP contribution in [0.3, 0.4) is 0 Å². The highest BCUT2D eigenvalue weighted by atomic mass is 35.5. The zero-order valence-electron chi connectivity index (χ0n) is 10.1. The molecule has 3 rings (SSSR count). The van der Waals surface area contributed by atoms with Crippen LogP contribution in [-0.4, -0.2) is 4.98 Å². The normalized spacial score (nSPS) is 14.6. The lowest BCUT2D eigenvalue weighted by molar-refractivity contribution is 0.886. The van der Waals surface area contributed by atoms with Gasteiger partial charge >= 0.3 is 0 Å². The number of rotatable bonds is 2. The molecule has 0 N–H and O–H groups in total. The second-order valence-electron chi connectivity index (χ2n) is 4.44. The third-order valence-corrected chi connectivity index (χ3v) is 5.33. The number of allylic oxidation sites excluding steroid dienone is 2. The summed E-state index contributed by atoms with van der Waals surface area (Å²) in [7, 11) is 0. The Bertz CT molecular complexity index is 668. The lowest BCUT2D eigenvalue weighted by Crippen LogP contribution is -1.86. The molecule has 2 nitrogen and oxygen atoms in total. The van der Waals surface area contributed by atoms with Gasteiger partial charge in [0.05, 0.1) is 20.5 Å². The van der Waals surface area contributed by atoms with Crippen LogP contribution in [0, 0.1) is 11.3 Å². The van der Waals surface area contributed by atoms with Gasteiger partial charge in [0.1, 0.15) is 11.1 Å². The smallest absolute Gasteiger partial charge is 0.134 e. The highest BCUT2D eigenvalue weighted by molar-refractivity contribution is 7.19. The zero-order chi connectivity index (χ0) is 13.2. The highest BCUT2D eigenvalue weighted by Crippen LogP contribution is 2.36. The number of aromatic nitrogens is 1. The Kier molecular flexibility index (Phi) is 3.69. The molecule has 1 saturated carbocycles. The van der Waals surface area contributed by atoms with Gasteiger partial charge < -0.3 is 0 Å². The molecule has 1 aliphatic carbocycles. The molecule has 5 heteroatoms. The van der Waals surface area contributed by atoms with Crippen LogP contribution in [0.4, 0.5) is 0 Å². The van der Waals surface area contributed by atoms with Gasteiger partial charge in [-0.25, -0.2) is 4.98 Å². The van der Waals surface area contributed by atoms with E-state index >= 15 is 0 Å². The van der Waals surface area contributed by atoms with Gasteiger partial charge in [-0.2, -0.15) is 5.26 Å². The van der Waals surface area contributed by atoms with Crippen molar-refractivity contribution in [3.05, 3.63) is 32.4 Å². The van der Waals surface area contributed by atoms with Gasteiger partial charge in [0.25, 0.3) is 0 Å². The van der Waals surface area contributed by atoms with Gasteiger partial charge in [-0.05, 0) is 43.4 Å². The maximum absolute atomic E-state index is 9.36. The summed E-state index contributed by atoms with van der Waals surface area (Å²) < 4.78 is 0.763. The summed E-state index contributed by atoms with van der Waals surface area (Å²) in [4.78, 5) is 5.66. The SMILES string of the molecule is N#CC(=C1CCCC1)c1nc(-c2ccc(Cl)s2)cs1. The molecule has 1 aliphatic rings. The predicted octanol–water partition coefficient (Wildman–Crippen LogP) is 5.38. The Hall–Kier alpha value is -1.15. The van der Waals surface area contributed by atoms with E-state index in [1.54, 1.807) is 11.3 Å². The van der Waals surface area contributed by atoms with Crippen molar-refractivity contribution in [1.29, 1.82) is 5.26 Å². The van der Waals surface area contributed by atoms with E-state index in [0.29, 0.717) is 0 Å². The number of halogens is 1. The van der Waals surface area contributed by atoms with Gasteiger partial charge in [-0.3, -0.25) is 0 Å². The fourth-order valence-electron chi connectivity index (χ4n) is 2.28. The first kappa shape index (κ1) is 12.9. The summed E-state index contributed by atoms with van der Waals surface area (Å²) in [5.74, 6) is 0. The van der Waals surface area contributed by atoms with Crippen molar-refractivity contribution in [3.63, 3.8) is 0 Å². The highest BCUT2D eigenvalue weighted by Gasteiger charge is 2.17. The van der Waals surface area contributed by atoms with E-state index in [1.165, 1.54) is 29.8 Å². The van der Waals surface area contributed by atoms with Gasteiger partial charge in [0, 0.05) is 5.38 Å². The average Bonchev–Trinajstić information content (AvgIpc) is 3.10. The molecule has 0 saturated heterocycles. The lowest BCUT2D eigenvalue weighted by atomic mass is 10.1. The molecule has 1 fully saturated rings. The van der Waals surface area contributed by atoms with Crippen LogP contribution in [0.2, 0.25) is 4.34 Å². The molecule has 0 unspecified atom stereocenters. The van der Waals surface area contributed by atoms with Gasteiger partial charge in [0.2, 0.25) is 0 Å². The number of thiazole rings is 1. The van der Waals surface area contributed by atoms with Crippen molar-refractivity contribution in [1.82, 2.24) is 4.98 Å². The summed E-state index contributed by atoms with van der Waals surface area (Å²) in [6.07, 6.45) is 4.48. The standard InChI is InChI=1S/C14H11ClN2S2/c15-13-6-5-12(19-13)11-8-18-14(17-11)10(7-16)9-3-1-2-4-9/h5-6,8H,1-4H2. The van der Waals surface area contributed by atoms with Crippen molar-refractivity contribution in [2.45, 2.75) is 25.7 Å². The maximum Gasteiger partial charge on any atom is 0.134 e. The van der Waals surface area contributed by atoms with Crippen LogP contribution in [0.15, 0.2) is 23.1 Å². The van der Waals surface area contributed by atoms with Gasteiger partial charge in [-0.15, -0.1) is 22.7 Å². The topological polar surface area (TPSA) is 36.7 Å². The minimum absolute atomic E-state index is 0.763. The molecule has 0 aromatic carbocycles. The molecule has 2 heterocycles. The van der Waals surface area contributed by atoms with E-state index in [0.717, 1.165) is 38.3 Å². The van der Waals surface area contributed by atoms with Crippen LogP contribution < -0.4 is 0 Å². The fraction of sp³-hybridized carbons (Fsp3) is 0.286. The van der Waals surface area contributed by atoms with Crippen molar-refractivity contribution in [2.75, 3.05) is 0 Å². The van der Waals surface area contributed by atoms with Crippen LogP contribution >= 0.6 is 34.3 Å². The average molecular weight is 307 g/mol. The second kappa shape index (κ2) is 5.46. The Morgan fingerprint density at radius 3 is 2.74 bits per heavy atom. The number of nitriles is 1. The minimum Gasteiger partial charge on any atom is -0.234 e. The van der Waals surface area contributed by atoms with E-state index in [4.69, 9.17) is 11.6 Å². The van der Waals surface area contributed by atoms with Gasteiger partial charge in [0.15, 0.2) is 0 Å². The van der Waals surface area contributed by atoms with Crippen LogP contribution in [-0.2, 0) is 0 Å². The van der Waals surface area contributed by atoms with Crippen LogP contribution in [0.1, 0.15) is 30.7 Å². The Morgan fingerprint density at radius 2 is 2.11 bits per heavy atom. The van der Waals surface area contributed by atoms with E-state index in [2.05, 4.69) is 11.1 Å². The van der Waals surface area contributed by atoms with E-state index in [-0.39, 0.29) is 0 Å². The molecular weight excluding hydrogens is 296 g/mol. The fourth-order valence-corrected chi connectivity index (χ4v) is 4.22. The molecule has 0 radical (unpaired) electrons. The summed E-state index contributed by atoms with van der Waals surface area (Å²) in [5, 5.41) is 12.2. The number of nitrogens with zero attached hydrogens (tertiary/aromatic N) is 2. The largest absolute Gasteiger partial charge is 0.234 e. The molecule has 2 aromatic heterocycles. The van der Waals surface area contributed by atoms with E-state index in [9.17, 15) is 5.26 Å². The Balaban J connectivity index is 1.97. The summed E-state index contributed by atoms with van der Waals surface area (Å²) in [6.45, 7) is 0. The first-order valence-corrected chi connectivity index (χ1v) is 8.19. The number of hydrogen-bond acceptors (Lipinski definition) is 4. The van der Waals surface area contributed by atoms with Crippen molar-refractivity contribution in [3.8, 4) is 16.6 Å². The quantitative estimate of drug-likeness (QED) is 0.699. The molecule has 0 aliphatic heterocycles. The Morgan fingerprint density at radius 1 is 1.32 bits per heavy atom. The Labute approximate surface area is 125 Å². The first-order chi connectivity index (χ1) is 9.28. The number of thiophene rings is 1. The van der Waals surface area contributed by atoms with Crippen molar-refractivity contribution in [2.24, 2.45) is 0 Å². The third-order valence-electron chi connectivity index (χ3n) is 3.22. The molecule has 0 bridgehead atoms. The predicted molar refractivity (Wildman–Crippen MR) is 81.4 cm³/mol. The molecule has 0 atom stereocenters. The molecule has 2 aromatic rings. The van der Waals surface area contributed by atoms with E-state index in [1.807, 2.05) is 17.5 Å². The van der Waals surface area contributed by atoms with Crippen LogP contribution in [0.25, 0.3) is 16.1 Å². The monoisotopic (exact) mass is 306 g/mol.